The Morgan fingerprint density at radius 1 is 1.28 bits per heavy atom. The largest absolute Gasteiger partial charge is 0.378 e. The molecule has 2 aliphatic carbocycles. The third kappa shape index (κ3) is 3.69. The summed E-state index contributed by atoms with van der Waals surface area (Å²) in [5.74, 6) is 8.30. The van der Waals surface area contributed by atoms with Crippen molar-refractivity contribution >= 4 is 0 Å². The molecule has 0 radical (unpaired) electrons. The van der Waals surface area contributed by atoms with Crippen LogP contribution in [0.15, 0.2) is 0 Å². The molecule has 2 rings (SSSR count). The van der Waals surface area contributed by atoms with Crippen LogP contribution in [-0.4, -0.2) is 18.8 Å². The van der Waals surface area contributed by atoms with E-state index in [0.29, 0.717) is 12.1 Å². The highest BCUT2D eigenvalue weighted by molar-refractivity contribution is 4.87. The molecule has 3 nitrogen and oxygen atoms in total. The lowest BCUT2D eigenvalue weighted by atomic mass is 9.72. The van der Waals surface area contributed by atoms with E-state index in [4.69, 9.17) is 10.6 Å². The van der Waals surface area contributed by atoms with Crippen LogP contribution in [0.1, 0.15) is 58.8 Å². The van der Waals surface area contributed by atoms with Crippen LogP contribution in [0.3, 0.4) is 0 Å². The molecule has 2 fully saturated rings. The average molecular weight is 254 g/mol. The minimum absolute atomic E-state index is 0.528. The first-order valence-corrected chi connectivity index (χ1v) is 7.80. The minimum Gasteiger partial charge on any atom is -0.378 e. The molecule has 3 unspecified atom stereocenters. The van der Waals surface area contributed by atoms with Crippen LogP contribution in [0.5, 0.6) is 0 Å². The summed E-state index contributed by atoms with van der Waals surface area (Å²) >= 11 is 0. The van der Waals surface area contributed by atoms with Crippen LogP contribution >= 0.6 is 0 Å². The van der Waals surface area contributed by atoms with E-state index in [9.17, 15) is 0 Å². The van der Waals surface area contributed by atoms with E-state index in [-0.39, 0.29) is 0 Å². The number of hydrogen-bond donors (Lipinski definition) is 2. The Labute approximate surface area is 112 Å². The Bertz CT molecular complexity index is 241. The SMILES string of the molecule is CCOC1CC(CC(NN)C2CCCC(C)C2)C1. The fraction of sp³-hybridized carbons (Fsp3) is 1.00. The van der Waals surface area contributed by atoms with Gasteiger partial charge in [-0.15, -0.1) is 0 Å². The molecule has 0 aromatic heterocycles. The first kappa shape index (κ1) is 14.3. The van der Waals surface area contributed by atoms with Gasteiger partial charge in [0.15, 0.2) is 0 Å². The fourth-order valence-corrected chi connectivity index (χ4v) is 3.84. The highest BCUT2D eigenvalue weighted by Crippen LogP contribution is 2.38. The van der Waals surface area contributed by atoms with Crippen molar-refractivity contribution in [2.75, 3.05) is 6.61 Å². The second kappa shape index (κ2) is 6.88. The van der Waals surface area contributed by atoms with Gasteiger partial charge in [-0.3, -0.25) is 11.3 Å². The zero-order valence-corrected chi connectivity index (χ0v) is 12.0. The predicted molar refractivity (Wildman–Crippen MR) is 75.0 cm³/mol. The Hall–Kier alpha value is -0.120. The highest BCUT2D eigenvalue weighted by atomic mass is 16.5. The summed E-state index contributed by atoms with van der Waals surface area (Å²) in [5, 5.41) is 0. The average Bonchev–Trinajstić information content (AvgIpc) is 2.32. The van der Waals surface area contributed by atoms with Gasteiger partial charge in [-0.1, -0.05) is 19.8 Å². The minimum atomic E-state index is 0.528. The molecule has 0 saturated heterocycles. The van der Waals surface area contributed by atoms with Gasteiger partial charge in [0.2, 0.25) is 0 Å². The number of hydrazine groups is 1. The molecule has 0 amide bonds. The first-order valence-electron chi connectivity index (χ1n) is 7.80. The molecule has 0 heterocycles. The summed E-state index contributed by atoms with van der Waals surface area (Å²) in [6, 6.07) is 0.528. The maximum absolute atomic E-state index is 5.79. The third-order valence-electron chi connectivity index (χ3n) is 4.94. The van der Waals surface area contributed by atoms with Gasteiger partial charge < -0.3 is 4.74 Å². The molecule has 0 aromatic rings. The number of ether oxygens (including phenoxy) is 1. The quantitative estimate of drug-likeness (QED) is 0.566. The second-order valence-electron chi connectivity index (χ2n) is 6.46. The number of rotatable bonds is 6. The number of hydrogen-bond acceptors (Lipinski definition) is 3. The van der Waals surface area contributed by atoms with E-state index in [1.54, 1.807) is 0 Å². The maximum atomic E-state index is 5.79. The zero-order valence-electron chi connectivity index (χ0n) is 12.0. The summed E-state index contributed by atoms with van der Waals surface area (Å²) in [6.07, 6.45) is 9.78. The van der Waals surface area contributed by atoms with Crippen molar-refractivity contribution < 1.29 is 4.74 Å². The molecule has 0 spiro atoms. The lowest BCUT2D eigenvalue weighted by molar-refractivity contribution is -0.0316. The molecular weight excluding hydrogens is 224 g/mol. The summed E-state index contributed by atoms with van der Waals surface area (Å²) in [6.45, 7) is 5.32. The fourth-order valence-electron chi connectivity index (χ4n) is 3.84. The Morgan fingerprint density at radius 2 is 2.06 bits per heavy atom. The topological polar surface area (TPSA) is 47.3 Å². The van der Waals surface area contributed by atoms with Crippen molar-refractivity contribution in [2.45, 2.75) is 70.9 Å². The maximum Gasteiger partial charge on any atom is 0.0580 e. The molecule has 3 heteroatoms. The van der Waals surface area contributed by atoms with E-state index >= 15 is 0 Å². The van der Waals surface area contributed by atoms with Crippen molar-refractivity contribution in [1.29, 1.82) is 0 Å². The van der Waals surface area contributed by atoms with Crippen molar-refractivity contribution in [2.24, 2.45) is 23.6 Å². The number of nitrogens with one attached hydrogen (secondary N) is 1. The molecule has 18 heavy (non-hydrogen) atoms. The van der Waals surface area contributed by atoms with Crippen LogP contribution in [-0.2, 0) is 4.74 Å². The Kier molecular flexibility index (Phi) is 5.46. The second-order valence-corrected chi connectivity index (χ2v) is 6.46. The normalized spacial score (nSPS) is 38.2. The van der Waals surface area contributed by atoms with Crippen LogP contribution in [0.25, 0.3) is 0 Å². The molecule has 106 valence electrons. The van der Waals surface area contributed by atoms with Gasteiger partial charge in [0, 0.05) is 12.6 Å². The monoisotopic (exact) mass is 254 g/mol. The molecule has 0 aromatic carbocycles. The number of nitrogens with two attached hydrogens (primary N) is 1. The highest BCUT2D eigenvalue weighted by Gasteiger charge is 2.34. The molecule has 2 aliphatic rings. The van der Waals surface area contributed by atoms with Crippen LogP contribution in [0.2, 0.25) is 0 Å². The van der Waals surface area contributed by atoms with Gasteiger partial charge in [-0.2, -0.15) is 0 Å². The van der Waals surface area contributed by atoms with Crippen LogP contribution in [0.4, 0.5) is 0 Å². The van der Waals surface area contributed by atoms with E-state index < -0.39 is 0 Å². The van der Waals surface area contributed by atoms with Gasteiger partial charge in [0.1, 0.15) is 0 Å². The molecule has 3 atom stereocenters. The smallest absolute Gasteiger partial charge is 0.0580 e. The summed E-state index contributed by atoms with van der Waals surface area (Å²) in [4.78, 5) is 0. The van der Waals surface area contributed by atoms with E-state index in [2.05, 4.69) is 19.3 Å². The van der Waals surface area contributed by atoms with Gasteiger partial charge in [0.25, 0.3) is 0 Å². The summed E-state index contributed by atoms with van der Waals surface area (Å²) in [7, 11) is 0. The third-order valence-corrected chi connectivity index (χ3v) is 4.94. The molecule has 3 N–H and O–H groups in total. The van der Waals surface area contributed by atoms with Crippen molar-refractivity contribution in [3.63, 3.8) is 0 Å². The van der Waals surface area contributed by atoms with E-state index in [1.807, 2.05) is 0 Å². The Balaban J connectivity index is 1.72. The van der Waals surface area contributed by atoms with Gasteiger partial charge in [-0.25, -0.2) is 0 Å². The molecule has 0 aliphatic heterocycles. The molecule has 0 bridgehead atoms. The van der Waals surface area contributed by atoms with Gasteiger partial charge >= 0.3 is 0 Å². The van der Waals surface area contributed by atoms with Crippen LogP contribution in [0, 0.1) is 17.8 Å². The van der Waals surface area contributed by atoms with Crippen molar-refractivity contribution in [3.8, 4) is 0 Å². The van der Waals surface area contributed by atoms with E-state index in [0.717, 1.165) is 24.4 Å². The van der Waals surface area contributed by atoms with Crippen molar-refractivity contribution in [3.05, 3.63) is 0 Å². The van der Waals surface area contributed by atoms with Gasteiger partial charge in [-0.05, 0) is 56.8 Å². The molecular formula is C15H30N2O. The summed E-state index contributed by atoms with van der Waals surface area (Å²) < 4.78 is 5.63. The lowest BCUT2D eigenvalue weighted by Gasteiger charge is -2.40. The Morgan fingerprint density at radius 3 is 2.67 bits per heavy atom. The van der Waals surface area contributed by atoms with E-state index in [1.165, 1.54) is 44.9 Å². The standard InChI is InChI=1S/C15H30N2O/c1-3-18-14-8-12(9-14)10-15(17-16)13-6-4-5-11(2)7-13/h11-15,17H,3-10,16H2,1-2H3. The first-order chi connectivity index (χ1) is 8.72. The molecule has 2 saturated carbocycles. The van der Waals surface area contributed by atoms with Gasteiger partial charge in [0.05, 0.1) is 6.10 Å². The zero-order chi connectivity index (χ0) is 13.0. The van der Waals surface area contributed by atoms with Crippen LogP contribution < -0.4 is 11.3 Å². The summed E-state index contributed by atoms with van der Waals surface area (Å²) in [5.41, 5.74) is 3.10. The lowest BCUT2D eigenvalue weighted by Crippen LogP contribution is -2.46. The van der Waals surface area contributed by atoms with Crippen molar-refractivity contribution in [1.82, 2.24) is 5.43 Å². The predicted octanol–water partition coefficient (Wildman–Crippen LogP) is 2.85.